The van der Waals surface area contributed by atoms with Crippen molar-refractivity contribution in [3.8, 4) is 0 Å². The summed E-state index contributed by atoms with van der Waals surface area (Å²) in [5, 5.41) is 3.60. The predicted molar refractivity (Wildman–Crippen MR) is 102 cm³/mol. The average molecular weight is 348 g/mol. The van der Waals surface area contributed by atoms with Crippen LogP contribution in [-0.2, 0) is 4.74 Å². The Labute approximate surface area is 152 Å². The van der Waals surface area contributed by atoms with Gasteiger partial charge in [0.2, 0.25) is 0 Å². The fourth-order valence-electron chi connectivity index (χ4n) is 4.12. The fourth-order valence-corrected chi connectivity index (χ4v) is 4.12. The van der Waals surface area contributed by atoms with Crippen molar-refractivity contribution in [2.75, 3.05) is 56.2 Å². The van der Waals surface area contributed by atoms with Gasteiger partial charge in [-0.05, 0) is 31.8 Å². The van der Waals surface area contributed by atoms with E-state index in [0.717, 1.165) is 50.4 Å². The number of nitrogens with zero attached hydrogens (tertiary/aromatic N) is 4. The van der Waals surface area contributed by atoms with Gasteiger partial charge in [-0.15, -0.1) is 0 Å². The van der Waals surface area contributed by atoms with Crippen molar-refractivity contribution in [1.29, 1.82) is 0 Å². The Bertz CT molecular complexity index is 508. The van der Waals surface area contributed by atoms with E-state index in [2.05, 4.69) is 45.0 Å². The largest absolute Gasteiger partial charge is 0.378 e. The molecule has 2 aliphatic rings. The molecule has 2 saturated heterocycles. The summed E-state index contributed by atoms with van der Waals surface area (Å²) in [5.41, 5.74) is 0. The molecule has 0 spiro atoms. The van der Waals surface area contributed by atoms with Gasteiger partial charge in [-0.3, -0.25) is 4.90 Å². The highest BCUT2D eigenvalue weighted by molar-refractivity contribution is 5.48. The molecule has 3 heterocycles. The van der Waals surface area contributed by atoms with Gasteiger partial charge < -0.3 is 15.0 Å². The molecule has 2 aliphatic heterocycles. The molecule has 3 rings (SSSR count). The highest BCUT2D eigenvalue weighted by Crippen LogP contribution is 2.24. The monoisotopic (exact) mass is 347 g/mol. The van der Waals surface area contributed by atoms with Crippen molar-refractivity contribution in [3.63, 3.8) is 0 Å². The van der Waals surface area contributed by atoms with Crippen molar-refractivity contribution in [2.45, 2.75) is 45.6 Å². The number of nitrogens with one attached hydrogen (secondary N) is 1. The summed E-state index contributed by atoms with van der Waals surface area (Å²) in [6, 6.07) is 2.68. The van der Waals surface area contributed by atoms with Crippen LogP contribution in [0.4, 0.5) is 11.6 Å². The summed E-state index contributed by atoms with van der Waals surface area (Å²) in [6.45, 7) is 11.4. The van der Waals surface area contributed by atoms with E-state index in [0.29, 0.717) is 6.04 Å². The standard InChI is InChI=1S/C19H33N5O/c1-3-16(4-2)17(23-7-5-6-8-23)14-20-18-13-19(22-15-21-18)24-9-11-25-12-10-24/h13,15-17H,3-12,14H2,1-2H3,(H,20,21,22). The lowest BCUT2D eigenvalue weighted by Crippen LogP contribution is -2.43. The number of hydrogen-bond donors (Lipinski definition) is 1. The molecule has 6 heteroatoms. The fraction of sp³-hybridized carbons (Fsp3) is 0.789. The van der Waals surface area contributed by atoms with Crippen LogP contribution < -0.4 is 10.2 Å². The number of likely N-dealkylation sites (tertiary alicyclic amines) is 1. The van der Waals surface area contributed by atoms with Crippen molar-refractivity contribution >= 4 is 11.6 Å². The Balaban J connectivity index is 1.63. The maximum absolute atomic E-state index is 5.43. The lowest BCUT2D eigenvalue weighted by molar-refractivity contribution is 0.122. The predicted octanol–water partition coefficient (Wildman–Crippen LogP) is 2.63. The summed E-state index contributed by atoms with van der Waals surface area (Å²) in [4.78, 5) is 13.8. The van der Waals surface area contributed by atoms with E-state index in [1.54, 1.807) is 6.33 Å². The Kier molecular flexibility index (Phi) is 6.87. The highest BCUT2D eigenvalue weighted by Gasteiger charge is 2.27. The normalized spacial score (nSPS) is 20.2. The van der Waals surface area contributed by atoms with Crippen LogP contribution in [0.15, 0.2) is 12.4 Å². The Morgan fingerprint density at radius 1 is 1.08 bits per heavy atom. The van der Waals surface area contributed by atoms with Crippen LogP contribution in [0.5, 0.6) is 0 Å². The molecule has 0 aliphatic carbocycles. The molecule has 1 N–H and O–H groups in total. The van der Waals surface area contributed by atoms with Gasteiger partial charge in [0, 0.05) is 31.7 Å². The number of hydrogen-bond acceptors (Lipinski definition) is 6. The minimum Gasteiger partial charge on any atom is -0.378 e. The smallest absolute Gasteiger partial charge is 0.134 e. The molecule has 6 nitrogen and oxygen atoms in total. The molecule has 0 aromatic carbocycles. The van der Waals surface area contributed by atoms with Crippen molar-refractivity contribution < 1.29 is 4.74 Å². The average Bonchev–Trinajstić information content (AvgIpc) is 3.20. The van der Waals surface area contributed by atoms with E-state index in [9.17, 15) is 0 Å². The van der Waals surface area contributed by atoms with Gasteiger partial charge in [-0.2, -0.15) is 0 Å². The zero-order valence-electron chi connectivity index (χ0n) is 15.8. The summed E-state index contributed by atoms with van der Waals surface area (Å²) in [7, 11) is 0. The second-order valence-corrected chi connectivity index (χ2v) is 7.13. The topological polar surface area (TPSA) is 53.5 Å². The van der Waals surface area contributed by atoms with Crippen molar-refractivity contribution in [2.24, 2.45) is 5.92 Å². The first kappa shape index (κ1) is 18.4. The highest BCUT2D eigenvalue weighted by atomic mass is 16.5. The van der Waals surface area contributed by atoms with E-state index in [1.165, 1.54) is 38.8 Å². The SMILES string of the molecule is CCC(CC)C(CNc1cc(N2CCOCC2)ncn1)N1CCCC1. The Morgan fingerprint density at radius 3 is 2.48 bits per heavy atom. The first-order valence-corrected chi connectivity index (χ1v) is 9.94. The first-order chi connectivity index (χ1) is 12.3. The molecule has 0 radical (unpaired) electrons. The molecule has 1 aromatic heterocycles. The van der Waals surface area contributed by atoms with Crippen molar-refractivity contribution in [3.05, 3.63) is 12.4 Å². The summed E-state index contributed by atoms with van der Waals surface area (Å²) in [6.07, 6.45) is 6.83. The van der Waals surface area contributed by atoms with Crippen LogP contribution in [0, 0.1) is 5.92 Å². The first-order valence-electron chi connectivity index (χ1n) is 9.94. The van der Waals surface area contributed by atoms with Gasteiger partial charge in [-0.1, -0.05) is 26.7 Å². The zero-order valence-corrected chi connectivity index (χ0v) is 15.8. The minimum absolute atomic E-state index is 0.597. The van der Waals surface area contributed by atoms with Crippen LogP contribution in [0.1, 0.15) is 39.5 Å². The van der Waals surface area contributed by atoms with E-state index in [-0.39, 0.29) is 0 Å². The van der Waals surface area contributed by atoms with Crippen LogP contribution in [0.2, 0.25) is 0 Å². The molecule has 140 valence electrons. The number of ether oxygens (including phenoxy) is 1. The molecule has 25 heavy (non-hydrogen) atoms. The van der Waals surface area contributed by atoms with Gasteiger partial charge >= 0.3 is 0 Å². The zero-order chi connectivity index (χ0) is 17.5. The van der Waals surface area contributed by atoms with Crippen LogP contribution >= 0.6 is 0 Å². The molecule has 0 bridgehead atoms. The van der Waals surface area contributed by atoms with Crippen molar-refractivity contribution in [1.82, 2.24) is 14.9 Å². The van der Waals surface area contributed by atoms with Gasteiger partial charge in [0.25, 0.3) is 0 Å². The van der Waals surface area contributed by atoms with E-state index >= 15 is 0 Å². The summed E-state index contributed by atoms with van der Waals surface area (Å²) in [5.74, 6) is 2.68. The van der Waals surface area contributed by atoms with E-state index < -0.39 is 0 Å². The quantitative estimate of drug-likeness (QED) is 0.780. The number of aromatic nitrogens is 2. The number of morpholine rings is 1. The maximum atomic E-state index is 5.43. The molecule has 1 unspecified atom stereocenters. The third kappa shape index (κ3) is 4.82. The number of anilines is 2. The lowest BCUT2D eigenvalue weighted by atomic mass is 9.93. The summed E-state index contributed by atoms with van der Waals surface area (Å²) >= 11 is 0. The second-order valence-electron chi connectivity index (χ2n) is 7.13. The molecule has 0 amide bonds. The molecular weight excluding hydrogens is 314 g/mol. The molecule has 2 fully saturated rings. The Hall–Kier alpha value is -1.40. The van der Waals surface area contributed by atoms with E-state index in [4.69, 9.17) is 4.74 Å². The summed E-state index contributed by atoms with van der Waals surface area (Å²) < 4.78 is 5.43. The maximum Gasteiger partial charge on any atom is 0.134 e. The molecule has 1 atom stereocenters. The van der Waals surface area contributed by atoms with Crippen LogP contribution in [0.25, 0.3) is 0 Å². The lowest BCUT2D eigenvalue weighted by Gasteiger charge is -2.34. The van der Waals surface area contributed by atoms with Crippen LogP contribution in [-0.4, -0.2) is 66.8 Å². The van der Waals surface area contributed by atoms with E-state index in [1.807, 2.05) is 0 Å². The number of rotatable bonds is 8. The Morgan fingerprint density at radius 2 is 1.80 bits per heavy atom. The minimum atomic E-state index is 0.597. The third-order valence-corrected chi connectivity index (χ3v) is 5.68. The van der Waals surface area contributed by atoms with Crippen LogP contribution in [0.3, 0.4) is 0 Å². The third-order valence-electron chi connectivity index (χ3n) is 5.68. The second kappa shape index (κ2) is 9.34. The molecular formula is C19H33N5O. The molecule has 0 saturated carbocycles. The van der Waals surface area contributed by atoms with Gasteiger partial charge in [0.15, 0.2) is 0 Å². The van der Waals surface area contributed by atoms with Gasteiger partial charge in [0.1, 0.15) is 18.0 Å². The van der Waals surface area contributed by atoms with Gasteiger partial charge in [-0.25, -0.2) is 9.97 Å². The molecule has 1 aromatic rings. The van der Waals surface area contributed by atoms with Gasteiger partial charge in [0.05, 0.1) is 13.2 Å².